The molecule has 0 aliphatic carbocycles. The van der Waals surface area contributed by atoms with Crippen LogP contribution in [-0.2, 0) is 0 Å². The molecule has 0 spiro atoms. The third kappa shape index (κ3) is 2.37. The minimum atomic E-state index is 0.0266. The van der Waals surface area contributed by atoms with E-state index in [1.54, 1.807) is 18.3 Å². The van der Waals surface area contributed by atoms with E-state index < -0.39 is 0 Å². The van der Waals surface area contributed by atoms with Crippen molar-refractivity contribution in [1.82, 2.24) is 15.2 Å². The molecule has 2 heterocycles. The molecule has 20 heavy (non-hydrogen) atoms. The summed E-state index contributed by atoms with van der Waals surface area (Å²) in [5, 5.41) is 4.78. The number of aromatic nitrogens is 1. The summed E-state index contributed by atoms with van der Waals surface area (Å²) < 4.78 is 0. The molecule has 4 nitrogen and oxygen atoms in total. The standard InChI is InChI=1S/C15H16ClN3O/c1-10-9-19(8-7-17-10)15(20)12-4-5-13(16)11-3-2-6-18-14(11)12/h2-6,10,17H,7-9H2,1H3. The van der Waals surface area contributed by atoms with Crippen molar-refractivity contribution >= 4 is 28.4 Å². The van der Waals surface area contributed by atoms with Crippen LogP contribution in [0.3, 0.4) is 0 Å². The predicted octanol–water partition coefficient (Wildman–Crippen LogP) is 2.32. The molecule has 1 N–H and O–H groups in total. The van der Waals surface area contributed by atoms with Gasteiger partial charge in [0.05, 0.1) is 16.1 Å². The van der Waals surface area contributed by atoms with Crippen molar-refractivity contribution in [3.63, 3.8) is 0 Å². The van der Waals surface area contributed by atoms with Crippen LogP contribution in [-0.4, -0.2) is 41.5 Å². The lowest BCUT2D eigenvalue weighted by atomic mass is 10.1. The van der Waals surface area contributed by atoms with E-state index in [1.807, 2.05) is 17.0 Å². The summed E-state index contributed by atoms with van der Waals surface area (Å²) >= 11 is 6.17. The number of carbonyl (C=O) groups excluding carboxylic acids is 1. The summed E-state index contributed by atoms with van der Waals surface area (Å²) in [6.45, 7) is 4.35. The Morgan fingerprint density at radius 2 is 2.30 bits per heavy atom. The van der Waals surface area contributed by atoms with Crippen molar-refractivity contribution in [2.45, 2.75) is 13.0 Å². The molecule has 1 aromatic carbocycles. The minimum absolute atomic E-state index is 0.0266. The van der Waals surface area contributed by atoms with Crippen LogP contribution in [0, 0.1) is 0 Å². The first kappa shape index (κ1) is 13.3. The maximum Gasteiger partial charge on any atom is 0.256 e. The summed E-state index contributed by atoms with van der Waals surface area (Å²) in [6.07, 6.45) is 1.69. The zero-order chi connectivity index (χ0) is 14.1. The SMILES string of the molecule is CC1CN(C(=O)c2ccc(Cl)c3cccnc23)CCN1. The molecule has 0 radical (unpaired) electrons. The van der Waals surface area contributed by atoms with E-state index in [1.165, 1.54) is 0 Å². The number of hydrogen-bond acceptors (Lipinski definition) is 3. The fraction of sp³-hybridized carbons (Fsp3) is 0.333. The quantitative estimate of drug-likeness (QED) is 0.876. The molecule has 0 saturated carbocycles. The van der Waals surface area contributed by atoms with E-state index >= 15 is 0 Å². The number of halogens is 1. The van der Waals surface area contributed by atoms with Crippen LogP contribution in [0.1, 0.15) is 17.3 Å². The van der Waals surface area contributed by atoms with E-state index in [0.29, 0.717) is 22.1 Å². The van der Waals surface area contributed by atoms with Crippen LogP contribution in [0.5, 0.6) is 0 Å². The molecule has 0 bridgehead atoms. The zero-order valence-electron chi connectivity index (χ0n) is 11.3. The summed E-state index contributed by atoms with van der Waals surface area (Å²) in [5.41, 5.74) is 1.30. The van der Waals surface area contributed by atoms with Gasteiger partial charge in [-0.25, -0.2) is 0 Å². The van der Waals surface area contributed by atoms with Crippen LogP contribution in [0.15, 0.2) is 30.5 Å². The van der Waals surface area contributed by atoms with Crippen molar-refractivity contribution in [1.29, 1.82) is 0 Å². The largest absolute Gasteiger partial charge is 0.336 e. The second-order valence-corrected chi connectivity index (χ2v) is 5.51. The van der Waals surface area contributed by atoms with Crippen molar-refractivity contribution in [2.75, 3.05) is 19.6 Å². The summed E-state index contributed by atoms with van der Waals surface area (Å²) in [6, 6.07) is 7.58. The second-order valence-electron chi connectivity index (χ2n) is 5.10. The van der Waals surface area contributed by atoms with Gasteiger partial charge in [0.15, 0.2) is 0 Å². The third-order valence-electron chi connectivity index (χ3n) is 3.60. The van der Waals surface area contributed by atoms with Crippen LogP contribution >= 0.6 is 11.6 Å². The summed E-state index contributed by atoms with van der Waals surface area (Å²) in [5.74, 6) is 0.0266. The minimum Gasteiger partial charge on any atom is -0.336 e. The van der Waals surface area contributed by atoms with Gasteiger partial charge in [0.25, 0.3) is 5.91 Å². The van der Waals surface area contributed by atoms with E-state index in [9.17, 15) is 4.79 Å². The van der Waals surface area contributed by atoms with Crippen LogP contribution in [0.25, 0.3) is 10.9 Å². The molecule has 1 aliphatic rings. The fourth-order valence-corrected chi connectivity index (χ4v) is 2.81. The zero-order valence-corrected chi connectivity index (χ0v) is 12.0. The van der Waals surface area contributed by atoms with E-state index in [2.05, 4.69) is 17.2 Å². The smallest absolute Gasteiger partial charge is 0.256 e. The van der Waals surface area contributed by atoms with Crippen LogP contribution < -0.4 is 5.32 Å². The van der Waals surface area contributed by atoms with Gasteiger partial charge in [-0.3, -0.25) is 9.78 Å². The Morgan fingerprint density at radius 1 is 1.45 bits per heavy atom. The van der Waals surface area contributed by atoms with Crippen molar-refractivity contribution in [3.05, 3.63) is 41.0 Å². The Bertz CT molecular complexity index is 659. The maximum absolute atomic E-state index is 12.7. The number of nitrogens with one attached hydrogen (secondary N) is 1. The lowest BCUT2D eigenvalue weighted by molar-refractivity contribution is 0.0711. The highest BCUT2D eigenvalue weighted by Gasteiger charge is 2.23. The number of pyridine rings is 1. The number of carbonyl (C=O) groups is 1. The van der Waals surface area contributed by atoms with Gasteiger partial charge in [0, 0.05) is 37.3 Å². The summed E-state index contributed by atoms with van der Waals surface area (Å²) in [7, 11) is 0. The first-order valence-electron chi connectivity index (χ1n) is 6.72. The topological polar surface area (TPSA) is 45.2 Å². The highest BCUT2D eigenvalue weighted by atomic mass is 35.5. The van der Waals surface area contributed by atoms with Crippen molar-refractivity contribution < 1.29 is 4.79 Å². The van der Waals surface area contributed by atoms with Gasteiger partial charge in [-0.05, 0) is 31.2 Å². The Hall–Kier alpha value is -1.65. The molecule has 1 amide bonds. The highest BCUT2D eigenvalue weighted by Crippen LogP contribution is 2.25. The molecule has 1 unspecified atom stereocenters. The Morgan fingerprint density at radius 3 is 3.10 bits per heavy atom. The van der Waals surface area contributed by atoms with Gasteiger partial charge < -0.3 is 10.2 Å². The van der Waals surface area contributed by atoms with Crippen molar-refractivity contribution in [2.24, 2.45) is 0 Å². The molecular formula is C15H16ClN3O. The maximum atomic E-state index is 12.7. The molecule has 1 saturated heterocycles. The number of hydrogen-bond donors (Lipinski definition) is 1. The van der Waals surface area contributed by atoms with Crippen LogP contribution in [0.4, 0.5) is 0 Å². The monoisotopic (exact) mass is 289 g/mol. The average Bonchev–Trinajstić information content (AvgIpc) is 2.47. The van der Waals surface area contributed by atoms with Gasteiger partial charge in [0.1, 0.15) is 0 Å². The first-order chi connectivity index (χ1) is 9.66. The lowest BCUT2D eigenvalue weighted by Crippen LogP contribution is -2.51. The van der Waals surface area contributed by atoms with Gasteiger partial charge in [-0.15, -0.1) is 0 Å². The van der Waals surface area contributed by atoms with E-state index in [-0.39, 0.29) is 5.91 Å². The Balaban J connectivity index is 2.01. The molecule has 1 atom stereocenters. The number of piperazine rings is 1. The molecule has 5 heteroatoms. The van der Waals surface area contributed by atoms with Crippen molar-refractivity contribution in [3.8, 4) is 0 Å². The number of nitrogens with zero attached hydrogens (tertiary/aromatic N) is 2. The van der Waals surface area contributed by atoms with Gasteiger partial charge in [0.2, 0.25) is 0 Å². The predicted molar refractivity (Wildman–Crippen MR) is 80.1 cm³/mol. The van der Waals surface area contributed by atoms with Crippen LogP contribution in [0.2, 0.25) is 5.02 Å². The molecular weight excluding hydrogens is 274 g/mol. The molecule has 1 fully saturated rings. The average molecular weight is 290 g/mol. The molecule has 2 aromatic rings. The normalized spacial score (nSPS) is 19.3. The van der Waals surface area contributed by atoms with E-state index in [0.717, 1.165) is 25.0 Å². The third-order valence-corrected chi connectivity index (χ3v) is 3.93. The summed E-state index contributed by atoms with van der Waals surface area (Å²) in [4.78, 5) is 18.9. The molecule has 1 aliphatic heterocycles. The lowest BCUT2D eigenvalue weighted by Gasteiger charge is -2.32. The molecule has 3 rings (SSSR count). The number of benzene rings is 1. The fourth-order valence-electron chi connectivity index (χ4n) is 2.60. The molecule has 1 aromatic heterocycles. The Labute approximate surface area is 122 Å². The first-order valence-corrected chi connectivity index (χ1v) is 7.10. The van der Waals surface area contributed by atoms with Gasteiger partial charge in [-0.1, -0.05) is 11.6 Å². The number of fused-ring (bicyclic) bond motifs is 1. The van der Waals surface area contributed by atoms with E-state index in [4.69, 9.17) is 11.6 Å². The van der Waals surface area contributed by atoms with Gasteiger partial charge in [-0.2, -0.15) is 0 Å². The Kier molecular flexibility index (Phi) is 3.59. The molecule has 104 valence electrons. The second kappa shape index (κ2) is 5.38. The highest BCUT2D eigenvalue weighted by molar-refractivity contribution is 6.36. The van der Waals surface area contributed by atoms with Gasteiger partial charge >= 0.3 is 0 Å². The number of amides is 1. The number of rotatable bonds is 1.